The fourth-order valence-corrected chi connectivity index (χ4v) is 3.28. The summed E-state index contributed by atoms with van der Waals surface area (Å²) in [4.78, 5) is 9.83. The molecule has 1 aliphatic rings. The summed E-state index contributed by atoms with van der Waals surface area (Å²) in [6.07, 6.45) is -2.17. The first-order valence-electron chi connectivity index (χ1n) is 7.76. The van der Waals surface area contributed by atoms with E-state index in [1.807, 2.05) is 24.3 Å². The summed E-state index contributed by atoms with van der Waals surface area (Å²) in [7, 11) is 1.76. The Kier molecular flexibility index (Phi) is 3.49. The Morgan fingerprint density at radius 1 is 1.00 bits per heavy atom. The summed E-state index contributed by atoms with van der Waals surface area (Å²) in [6, 6.07) is 14.1. The van der Waals surface area contributed by atoms with Gasteiger partial charge in [0.1, 0.15) is 6.17 Å². The Morgan fingerprint density at radius 2 is 1.80 bits per heavy atom. The summed E-state index contributed by atoms with van der Waals surface area (Å²) in [5.74, 6) is 0. The fourth-order valence-electron chi connectivity index (χ4n) is 3.28. The summed E-state index contributed by atoms with van der Waals surface area (Å²) >= 11 is 0. The van der Waals surface area contributed by atoms with Crippen LogP contribution in [0.1, 0.15) is 17.3 Å². The molecule has 0 aliphatic carbocycles. The molecular formula is C19H14F3N3. The van der Waals surface area contributed by atoms with Crippen molar-refractivity contribution in [3.05, 3.63) is 72.1 Å². The lowest BCUT2D eigenvalue weighted by Crippen LogP contribution is -2.35. The normalized spacial score (nSPS) is 17.4. The van der Waals surface area contributed by atoms with Gasteiger partial charge in [-0.05, 0) is 11.5 Å². The number of nitrogens with zero attached hydrogens (tertiary/aromatic N) is 3. The van der Waals surface area contributed by atoms with Gasteiger partial charge in [0, 0.05) is 36.0 Å². The maximum absolute atomic E-state index is 13.7. The van der Waals surface area contributed by atoms with E-state index >= 15 is 0 Å². The first-order valence-corrected chi connectivity index (χ1v) is 7.76. The number of pyridine rings is 1. The van der Waals surface area contributed by atoms with Gasteiger partial charge in [-0.3, -0.25) is 4.98 Å². The van der Waals surface area contributed by atoms with E-state index in [4.69, 9.17) is 0 Å². The van der Waals surface area contributed by atoms with Crippen molar-refractivity contribution < 1.29 is 13.2 Å². The van der Waals surface area contributed by atoms with Crippen molar-refractivity contribution >= 4 is 22.2 Å². The third-order valence-electron chi connectivity index (χ3n) is 4.38. The van der Waals surface area contributed by atoms with Gasteiger partial charge in [-0.25, -0.2) is 4.99 Å². The van der Waals surface area contributed by atoms with E-state index in [2.05, 4.69) is 9.98 Å². The number of benzene rings is 2. The van der Waals surface area contributed by atoms with Crippen molar-refractivity contribution in [1.82, 2.24) is 4.98 Å². The summed E-state index contributed by atoms with van der Waals surface area (Å²) in [5.41, 5.74) is 0.411. The van der Waals surface area contributed by atoms with Crippen molar-refractivity contribution in [3.63, 3.8) is 0 Å². The minimum absolute atomic E-state index is 0.105. The van der Waals surface area contributed by atoms with Crippen LogP contribution in [0.2, 0.25) is 0 Å². The number of alkyl halides is 3. The van der Waals surface area contributed by atoms with Gasteiger partial charge in [0.15, 0.2) is 5.71 Å². The Morgan fingerprint density at radius 3 is 2.52 bits per heavy atom. The lowest BCUT2D eigenvalue weighted by molar-refractivity contribution is -0.0585. The molecule has 0 saturated carbocycles. The molecule has 0 saturated heterocycles. The molecule has 0 amide bonds. The molecule has 0 spiro atoms. The minimum atomic E-state index is -4.53. The SMILES string of the molecule is CN1c2c(ccc3ccccc23)C(C(F)(F)F)=NC1c1cccnc1. The van der Waals surface area contributed by atoms with Crippen LogP contribution in [0, 0.1) is 0 Å². The average Bonchev–Trinajstić information content (AvgIpc) is 2.61. The summed E-state index contributed by atoms with van der Waals surface area (Å²) in [6.45, 7) is 0. The first-order chi connectivity index (χ1) is 12.0. The van der Waals surface area contributed by atoms with Crippen LogP contribution in [0.3, 0.4) is 0 Å². The van der Waals surface area contributed by atoms with Crippen LogP contribution in [-0.2, 0) is 0 Å². The molecule has 6 heteroatoms. The number of aromatic nitrogens is 1. The molecule has 0 fully saturated rings. The maximum Gasteiger partial charge on any atom is 0.433 e. The van der Waals surface area contributed by atoms with Crippen molar-refractivity contribution in [2.24, 2.45) is 4.99 Å². The molecule has 0 N–H and O–H groups in total. The molecule has 0 bridgehead atoms. The molecule has 1 aliphatic heterocycles. The fraction of sp³-hybridized carbons (Fsp3) is 0.158. The zero-order chi connectivity index (χ0) is 17.6. The highest BCUT2D eigenvalue weighted by atomic mass is 19.4. The standard InChI is InChI=1S/C19H14F3N3/c1-25-16-14-7-3-2-5-12(14)8-9-15(16)17(19(20,21)22)24-18(25)13-6-4-10-23-11-13/h2-11,18H,1H3. The highest BCUT2D eigenvalue weighted by Crippen LogP contribution is 2.42. The van der Waals surface area contributed by atoms with Crippen LogP contribution in [0.15, 0.2) is 65.9 Å². The number of anilines is 1. The topological polar surface area (TPSA) is 28.5 Å². The maximum atomic E-state index is 13.7. The molecule has 2 heterocycles. The number of hydrogen-bond donors (Lipinski definition) is 0. The van der Waals surface area contributed by atoms with E-state index in [-0.39, 0.29) is 5.56 Å². The van der Waals surface area contributed by atoms with Gasteiger partial charge in [0.2, 0.25) is 0 Å². The lowest BCUT2D eigenvalue weighted by atomic mass is 9.96. The summed E-state index contributed by atoms with van der Waals surface area (Å²) in [5, 5.41) is 1.66. The second-order valence-electron chi connectivity index (χ2n) is 5.93. The van der Waals surface area contributed by atoms with E-state index in [1.54, 1.807) is 42.5 Å². The molecule has 2 aromatic carbocycles. The van der Waals surface area contributed by atoms with E-state index in [0.717, 1.165) is 10.8 Å². The van der Waals surface area contributed by atoms with E-state index in [9.17, 15) is 13.2 Å². The van der Waals surface area contributed by atoms with E-state index < -0.39 is 18.1 Å². The molecule has 3 aromatic rings. The van der Waals surface area contributed by atoms with Crippen LogP contribution < -0.4 is 4.90 Å². The Balaban J connectivity index is 2.01. The van der Waals surface area contributed by atoms with E-state index in [0.29, 0.717) is 11.3 Å². The van der Waals surface area contributed by atoms with Crippen LogP contribution in [0.25, 0.3) is 10.8 Å². The molecule has 1 atom stereocenters. The molecule has 1 aromatic heterocycles. The largest absolute Gasteiger partial charge is 0.433 e. The van der Waals surface area contributed by atoms with Gasteiger partial charge in [-0.2, -0.15) is 13.2 Å². The number of aliphatic imine (C=N–C) groups is 1. The van der Waals surface area contributed by atoms with Gasteiger partial charge in [0.25, 0.3) is 0 Å². The smallest absolute Gasteiger partial charge is 0.348 e. The number of fused-ring (bicyclic) bond motifs is 3. The van der Waals surface area contributed by atoms with Crippen molar-refractivity contribution in [2.75, 3.05) is 11.9 Å². The highest BCUT2D eigenvalue weighted by molar-refractivity contribution is 6.15. The zero-order valence-corrected chi connectivity index (χ0v) is 13.3. The number of halogens is 3. The van der Waals surface area contributed by atoms with Crippen LogP contribution in [-0.4, -0.2) is 23.9 Å². The minimum Gasteiger partial charge on any atom is -0.348 e. The van der Waals surface area contributed by atoms with E-state index in [1.165, 1.54) is 6.07 Å². The Hall–Kier alpha value is -2.89. The molecule has 25 heavy (non-hydrogen) atoms. The molecule has 1 unspecified atom stereocenters. The monoisotopic (exact) mass is 341 g/mol. The van der Waals surface area contributed by atoms with Crippen LogP contribution in [0.5, 0.6) is 0 Å². The second kappa shape index (κ2) is 5.58. The highest BCUT2D eigenvalue weighted by Gasteiger charge is 2.42. The third-order valence-corrected chi connectivity index (χ3v) is 4.38. The summed E-state index contributed by atoms with van der Waals surface area (Å²) < 4.78 is 41.0. The first kappa shape index (κ1) is 15.6. The van der Waals surface area contributed by atoms with Gasteiger partial charge >= 0.3 is 6.18 Å². The zero-order valence-electron chi connectivity index (χ0n) is 13.3. The van der Waals surface area contributed by atoms with Crippen molar-refractivity contribution in [3.8, 4) is 0 Å². The molecule has 126 valence electrons. The predicted octanol–water partition coefficient (Wildman–Crippen LogP) is 4.73. The molecule has 0 radical (unpaired) electrons. The number of hydrogen-bond acceptors (Lipinski definition) is 3. The van der Waals surface area contributed by atoms with Gasteiger partial charge in [0.05, 0.1) is 5.69 Å². The van der Waals surface area contributed by atoms with Crippen molar-refractivity contribution in [2.45, 2.75) is 12.3 Å². The van der Waals surface area contributed by atoms with Gasteiger partial charge in [-0.15, -0.1) is 0 Å². The third kappa shape index (κ3) is 2.54. The molecular weight excluding hydrogens is 327 g/mol. The Bertz CT molecular complexity index is 965. The quantitative estimate of drug-likeness (QED) is 0.640. The second-order valence-corrected chi connectivity index (χ2v) is 5.93. The molecule has 4 rings (SSSR count). The lowest BCUT2D eigenvalue weighted by Gasteiger charge is -2.35. The molecule has 3 nitrogen and oxygen atoms in total. The van der Waals surface area contributed by atoms with Crippen molar-refractivity contribution in [1.29, 1.82) is 0 Å². The van der Waals surface area contributed by atoms with Gasteiger partial charge < -0.3 is 4.90 Å². The van der Waals surface area contributed by atoms with Crippen LogP contribution >= 0.6 is 0 Å². The predicted molar refractivity (Wildman–Crippen MR) is 91.9 cm³/mol. The van der Waals surface area contributed by atoms with Gasteiger partial charge in [-0.1, -0.05) is 42.5 Å². The number of rotatable bonds is 1. The van der Waals surface area contributed by atoms with Crippen LogP contribution in [0.4, 0.5) is 18.9 Å². The average molecular weight is 341 g/mol. The Labute approximate surface area is 142 Å².